The predicted molar refractivity (Wildman–Crippen MR) is 64.8 cm³/mol. The summed E-state index contributed by atoms with van der Waals surface area (Å²) >= 11 is -1.76. The van der Waals surface area contributed by atoms with Gasteiger partial charge in [-0.3, -0.25) is 0 Å². The van der Waals surface area contributed by atoms with E-state index in [1.807, 2.05) is 19.1 Å². The van der Waals surface area contributed by atoms with Gasteiger partial charge in [0.15, 0.2) is 11.1 Å². The van der Waals surface area contributed by atoms with Gasteiger partial charge in [0.1, 0.15) is 5.75 Å². The highest BCUT2D eigenvalue weighted by molar-refractivity contribution is 7.79. The minimum Gasteiger partial charge on any atom is -0.508 e. The van der Waals surface area contributed by atoms with Crippen LogP contribution in [0.2, 0.25) is 0 Å². The molecule has 0 fully saturated rings. The Morgan fingerprint density at radius 2 is 2.00 bits per heavy atom. The molecule has 3 N–H and O–H groups in total. The summed E-state index contributed by atoms with van der Waals surface area (Å²) in [7, 11) is 0. The van der Waals surface area contributed by atoms with Gasteiger partial charge in [-0.2, -0.15) is 0 Å². The lowest BCUT2D eigenvalue weighted by atomic mass is 10.0. The van der Waals surface area contributed by atoms with Crippen molar-refractivity contribution in [2.75, 3.05) is 12.3 Å². The molecular weight excluding hydrogens is 226 g/mol. The number of phenols is 1. The normalized spacial score (nSPS) is 14.6. The van der Waals surface area contributed by atoms with Gasteiger partial charge in [-0.05, 0) is 30.7 Å². The van der Waals surface area contributed by atoms with Gasteiger partial charge in [-0.25, -0.2) is 4.21 Å². The van der Waals surface area contributed by atoms with Crippen LogP contribution in [0.3, 0.4) is 0 Å². The van der Waals surface area contributed by atoms with E-state index in [1.165, 1.54) is 0 Å². The Bertz CT molecular complexity index is 340. The average molecular weight is 243 g/mol. The van der Waals surface area contributed by atoms with E-state index >= 15 is 0 Å². The van der Waals surface area contributed by atoms with Gasteiger partial charge in [0.2, 0.25) is 0 Å². The second kappa shape index (κ2) is 6.62. The lowest BCUT2D eigenvalue weighted by molar-refractivity contribution is 0.473. The minimum atomic E-state index is -1.76. The van der Waals surface area contributed by atoms with Crippen LogP contribution in [0.5, 0.6) is 5.75 Å². The van der Waals surface area contributed by atoms with E-state index in [4.69, 9.17) is 4.55 Å². The summed E-state index contributed by atoms with van der Waals surface area (Å²) in [4.78, 5) is 0. The van der Waals surface area contributed by atoms with Crippen LogP contribution in [-0.2, 0) is 11.1 Å². The molecule has 0 aliphatic heterocycles. The third kappa shape index (κ3) is 4.30. The fourth-order valence-electron chi connectivity index (χ4n) is 1.56. The van der Waals surface area contributed by atoms with Crippen molar-refractivity contribution in [3.8, 4) is 5.75 Å². The number of aromatic hydroxyl groups is 1. The van der Waals surface area contributed by atoms with E-state index in [1.54, 1.807) is 12.1 Å². The second-order valence-corrected chi connectivity index (χ2v) is 4.57. The number of hydrogen-bond donors (Lipinski definition) is 3. The van der Waals surface area contributed by atoms with Gasteiger partial charge in [0, 0.05) is 6.04 Å². The maximum atomic E-state index is 10.6. The monoisotopic (exact) mass is 243 g/mol. The summed E-state index contributed by atoms with van der Waals surface area (Å²) in [6, 6.07) is 6.94. The minimum absolute atomic E-state index is 0.0571. The third-order valence-electron chi connectivity index (χ3n) is 2.33. The SMILES string of the molecule is CCNC(CCS(=O)O)c1ccc(O)cc1. The topological polar surface area (TPSA) is 69.6 Å². The maximum absolute atomic E-state index is 10.6. The largest absolute Gasteiger partial charge is 0.508 e. The van der Waals surface area contributed by atoms with Crippen LogP contribution in [0, 0.1) is 0 Å². The molecule has 2 atom stereocenters. The molecule has 5 heteroatoms. The number of hydrogen-bond acceptors (Lipinski definition) is 3. The zero-order valence-corrected chi connectivity index (χ0v) is 10.0. The fraction of sp³-hybridized carbons (Fsp3) is 0.455. The Hall–Kier alpha value is -0.910. The quantitative estimate of drug-likeness (QED) is 0.665. The molecule has 1 rings (SSSR count). The van der Waals surface area contributed by atoms with E-state index in [0.29, 0.717) is 6.42 Å². The fourth-order valence-corrected chi connectivity index (χ4v) is 2.00. The van der Waals surface area contributed by atoms with Crippen molar-refractivity contribution < 1.29 is 13.9 Å². The zero-order chi connectivity index (χ0) is 12.0. The van der Waals surface area contributed by atoms with E-state index < -0.39 is 11.1 Å². The summed E-state index contributed by atoms with van der Waals surface area (Å²) in [6.07, 6.45) is 0.599. The second-order valence-electron chi connectivity index (χ2n) is 3.52. The Morgan fingerprint density at radius 3 is 2.50 bits per heavy atom. The smallest absolute Gasteiger partial charge is 0.152 e. The summed E-state index contributed by atoms with van der Waals surface area (Å²) in [5, 5.41) is 12.4. The van der Waals surface area contributed by atoms with E-state index in [9.17, 15) is 9.32 Å². The molecule has 0 amide bonds. The van der Waals surface area contributed by atoms with Crippen LogP contribution in [0.1, 0.15) is 24.9 Å². The molecular formula is C11H17NO3S. The lowest BCUT2D eigenvalue weighted by Gasteiger charge is -2.17. The number of phenolic OH excluding ortho intramolecular Hbond substituents is 1. The van der Waals surface area contributed by atoms with Crippen molar-refractivity contribution in [1.29, 1.82) is 0 Å². The van der Waals surface area contributed by atoms with Crippen LogP contribution in [0.4, 0.5) is 0 Å². The van der Waals surface area contributed by atoms with Crippen molar-refractivity contribution >= 4 is 11.1 Å². The molecule has 1 aromatic carbocycles. The first kappa shape index (κ1) is 13.2. The van der Waals surface area contributed by atoms with Crippen molar-refractivity contribution in [1.82, 2.24) is 5.32 Å². The molecule has 16 heavy (non-hydrogen) atoms. The highest BCUT2D eigenvalue weighted by Crippen LogP contribution is 2.19. The van der Waals surface area contributed by atoms with Gasteiger partial charge in [-0.15, -0.1) is 0 Å². The molecule has 1 aromatic rings. The van der Waals surface area contributed by atoms with Crippen LogP contribution < -0.4 is 5.32 Å². The van der Waals surface area contributed by atoms with Gasteiger partial charge >= 0.3 is 0 Å². The van der Waals surface area contributed by atoms with Crippen LogP contribution in [-0.4, -0.2) is 26.2 Å². The molecule has 0 heterocycles. The van der Waals surface area contributed by atoms with Gasteiger partial charge in [0.25, 0.3) is 0 Å². The van der Waals surface area contributed by atoms with Crippen molar-refractivity contribution in [2.45, 2.75) is 19.4 Å². The lowest BCUT2D eigenvalue weighted by Crippen LogP contribution is -2.22. The Labute approximate surface area is 98.0 Å². The molecule has 4 nitrogen and oxygen atoms in total. The van der Waals surface area contributed by atoms with Crippen molar-refractivity contribution in [3.63, 3.8) is 0 Å². The molecule has 0 radical (unpaired) electrons. The van der Waals surface area contributed by atoms with E-state index in [0.717, 1.165) is 12.1 Å². The first-order chi connectivity index (χ1) is 7.63. The maximum Gasteiger partial charge on any atom is 0.152 e. The molecule has 0 aromatic heterocycles. The number of rotatable bonds is 6. The molecule has 2 unspecified atom stereocenters. The first-order valence-electron chi connectivity index (χ1n) is 5.23. The van der Waals surface area contributed by atoms with E-state index in [-0.39, 0.29) is 17.5 Å². The van der Waals surface area contributed by atoms with Gasteiger partial charge in [-0.1, -0.05) is 19.1 Å². The predicted octanol–water partition coefficient (Wildman–Crippen LogP) is 1.65. The molecule has 0 saturated heterocycles. The molecule has 0 bridgehead atoms. The van der Waals surface area contributed by atoms with Crippen LogP contribution in [0.25, 0.3) is 0 Å². The standard InChI is InChI=1S/C11H17NO3S/c1-2-12-11(7-8-16(14)15)9-3-5-10(13)6-4-9/h3-6,11-13H,2,7-8H2,1H3,(H,14,15). The molecule has 0 aliphatic carbocycles. The Kier molecular flexibility index (Phi) is 5.45. The number of nitrogens with one attached hydrogen (secondary N) is 1. The zero-order valence-electron chi connectivity index (χ0n) is 9.22. The van der Waals surface area contributed by atoms with Gasteiger partial charge < -0.3 is 15.0 Å². The summed E-state index contributed by atoms with van der Waals surface area (Å²) in [6.45, 7) is 2.78. The molecule has 0 spiro atoms. The third-order valence-corrected chi connectivity index (χ3v) is 2.91. The van der Waals surface area contributed by atoms with E-state index in [2.05, 4.69) is 5.32 Å². The first-order valence-corrected chi connectivity index (χ1v) is 6.50. The van der Waals surface area contributed by atoms with Crippen LogP contribution in [0.15, 0.2) is 24.3 Å². The molecule has 90 valence electrons. The summed E-state index contributed by atoms with van der Waals surface area (Å²) < 4.78 is 19.4. The summed E-state index contributed by atoms with van der Waals surface area (Å²) in [5.41, 5.74) is 1.02. The molecule has 0 aliphatic rings. The van der Waals surface area contributed by atoms with Gasteiger partial charge in [0.05, 0.1) is 5.75 Å². The highest BCUT2D eigenvalue weighted by Gasteiger charge is 2.11. The average Bonchev–Trinajstić information content (AvgIpc) is 2.25. The Balaban J connectivity index is 2.68. The van der Waals surface area contributed by atoms with Crippen molar-refractivity contribution in [3.05, 3.63) is 29.8 Å². The van der Waals surface area contributed by atoms with Crippen molar-refractivity contribution in [2.24, 2.45) is 0 Å². The number of benzene rings is 1. The Morgan fingerprint density at radius 1 is 1.38 bits per heavy atom. The van der Waals surface area contributed by atoms with Crippen LogP contribution >= 0.6 is 0 Å². The molecule has 0 saturated carbocycles. The summed E-state index contributed by atoms with van der Waals surface area (Å²) in [5.74, 6) is 0.475. The highest BCUT2D eigenvalue weighted by atomic mass is 32.2.